The number of aromatic nitrogens is 7. The van der Waals surface area contributed by atoms with E-state index in [-0.39, 0.29) is 5.92 Å². The fourth-order valence-corrected chi connectivity index (χ4v) is 3.88. The van der Waals surface area contributed by atoms with E-state index in [1.54, 1.807) is 23.1 Å². The van der Waals surface area contributed by atoms with Gasteiger partial charge in [-0.2, -0.15) is 25.8 Å². The molecule has 0 bridgehead atoms. The average Bonchev–Trinajstić information content (AvgIpc) is 3.44. The molecular weight excluding hydrogens is 354 g/mol. The Labute approximate surface area is 159 Å². The van der Waals surface area contributed by atoms with Gasteiger partial charge in [0.1, 0.15) is 5.69 Å². The molecule has 1 fully saturated rings. The second-order valence-corrected chi connectivity index (χ2v) is 7.07. The summed E-state index contributed by atoms with van der Waals surface area (Å²) in [6.07, 6.45) is 10.5. The molecule has 1 N–H and O–H groups in total. The van der Waals surface area contributed by atoms with Gasteiger partial charge in [-0.15, -0.1) is 0 Å². The largest absolute Gasteiger partial charge is 0.276 e. The van der Waals surface area contributed by atoms with Crippen LogP contribution in [0.3, 0.4) is 0 Å². The van der Waals surface area contributed by atoms with Crippen molar-refractivity contribution in [2.75, 3.05) is 0 Å². The number of hydrogen-bond acceptors (Lipinski definition) is 6. The van der Waals surface area contributed by atoms with E-state index < -0.39 is 5.54 Å². The van der Waals surface area contributed by atoms with Gasteiger partial charge in [-0.05, 0) is 25.0 Å². The zero-order valence-corrected chi connectivity index (χ0v) is 14.8. The van der Waals surface area contributed by atoms with Crippen molar-refractivity contribution in [3.05, 3.63) is 43.1 Å². The van der Waals surface area contributed by atoms with E-state index in [2.05, 4.69) is 32.5 Å². The van der Waals surface area contributed by atoms with E-state index in [0.717, 1.165) is 28.2 Å². The maximum atomic E-state index is 9.26. The second-order valence-electron chi connectivity index (χ2n) is 7.07. The lowest BCUT2D eigenvalue weighted by Crippen LogP contribution is -2.46. The van der Waals surface area contributed by atoms with Gasteiger partial charge < -0.3 is 0 Å². The Bertz CT molecular complexity index is 1230. The van der Waals surface area contributed by atoms with E-state index in [4.69, 9.17) is 10.2 Å². The first-order valence-corrected chi connectivity index (χ1v) is 8.89. The Morgan fingerprint density at radius 2 is 2.07 bits per heavy atom. The fourth-order valence-electron chi connectivity index (χ4n) is 3.88. The maximum Gasteiger partial charge on any atom is 0.107 e. The Morgan fingerprint density at radius 3 is 2.82 bits per heavy atom. The lowest BCUT2D eigenvalue weighted by molar-refractivity contribution is 0.0882. The van der Waals surface area contributed by atoms with Crippen LogP contribution in [0.1, 0.15) is 19.3 Å². The fraction of sp³-hybridized carbons (Fsp3) is 0.263. The smallest absolute Gasteiger partial charge is 0.107 e. The molecule has 4 aromatic rings. The molecule has 9 nitrogen and oxygen atoms in total. The summed E-state index contributed by atoms with van der Waals surface area (Å²) in [6, 6.07) is 8.28. The Balaban J connectivity index is 1.60. The molecule has 0 aromatic carbocycles. The molecule has 0 atom stereocenters. The van der Waals surface area contributed by atoms with Crippen LogP contribution in [0.2, 0.25) is 0 Å². The molecule has 9 heteroatoms. The van der Waals surface area contributed by atoms with E-state index in [0.29, 0.717) is 19.3 Å². The van der Waals surface area contributed by atoms with Crippen LogP contribution in [0.15, 0.2) is 43.1 Å². The van der Waals surface area contributed by atoms with Gasteiger partial charge in [0.05, 0.1) is 65.5 Å². The highest BCUT2D eigenvalue weighted by Crippen LogP contribution is 2.46. The first-order chi connectivity index (χ1) is 13.7. The highest BCUT2D eigenvalue weighted by Gasteiger charge is 2.46. The summed E-state index contributed by atoms with van der Waals surface area (Å²) in [5.74, 6) is -0.0237. The standard InChI is InChI=1S/C19H15N9/c20-4-3-19(7-13(8-19)9-21)28-11-14(10-24-28)18-17-2-6-23-27(17)12-16(25-18)15-1-5-22-26-15/h1-2,5-6,10-13H,3,7-8H2,(H,22,26). The van der Waals surface area contributed by atoms with Crippen LogP contribution in [-0.4, -0.2) is 34.6 Å². The summed E-state index contributed by atoms with van der Waals surface area (Å²) in [7, 11) is 0. The predicted molar refractivity (Wildman–Crippen MR) is 98.3 cm³/mol. The van der Waals surface area contributed by atoms with Crippen LogP contribution in [0.25, 0.3) is 28.2 Å². The quantitative estimate of drug-likeness (QED) is 0.589. The maximum absolute atomic E-state index is 9.26. The number of hydrogen-bond donors (Lipinski definition) is 1. The van der Waals surface area contributed by atoms with E-state index in [1.807, 2.05) is 29.2 Å². The minimum absolute atomic E-state index is 0.0237. The number of nitrogens with zero attached hydrogens (tertiary/aromatic N) is 8. The number of fused-ring (bicyclic) bond motifs is 1. The summed E-state index contributed by atoms with van der Waals surface area (Å²) < 4.78 is 3.60. The SMILES string of the molecule is N#CCC1(n2cc(-c3nc(-c4ccn[nH]4)cn4nccc34)cn2)CC(C#N)C1. The lowest BCUT2D eigenvalue weighted by atomic mass is 9.67. The van der Waals surface area contributed by atoms with Gasteiger partial charge in [0.2, 0.25) is 0 Å². The monoisotopic (exact) mass is 369 g/mol. The van der Waals surface area contributed by atoms with Crippen molar-refractivity contribution in [3.8, 4) is 34.8 Å². The molecule has 0 spiro atoms. The zero-order valence-electron chi connectivity index (χ0n) is 14.8. The van der Waals surface area contributed by atoms with Crippen LogP contribution in [0.4, 0.5) is 0 Å². The van der Waals surface area contributed by atoms with Crippen molar-refractivity contribution in [1.29, 1.82) is 10.5 Å². The van der Waals surface area contributed by atoms with Crippen LogP contribution in [0.5, 0.6) is 0 Å². The Kier molecular flexibility index (Phi) is 3.49. The molecule has 5 rings (SSSR count). The number of aromatic amines is 1. The summed E-state index contributed by atoms with van der Waals surface area (Å²) in [5, 5.41) is 34.2. The molecule has 28 heavy (non-hydrogen) atoms. The van der Waals surface area contributed by atoms with Crippen molar-refractivity contribution in [1.82, 2.24) is 34.6 Å². The average molecular weight is 369 g/mol. The highest BCUT2D eigenvalue weighted by molar-refractivity contribution is 5.77. The number of rotatable bonds is 4. The third-order valence-corrected chi connectivity index (χ3v) is 5.35. The molecule has 136 valence electrons. The summed E-state index contributed by atoms with van der Waals surface area (Å²) in [5.41, 5.74) is 3.55. The number of nitriles is 2. The van der Waals surface area contributed by atoms with E-state index in [9.17, 15) is 5.26 Å². The van der Waals surface area contributed by atoms with E-state index in [1.165, 1.54) is 0 Å². The van der Waals surface area contributed by atoms with Crippen LogP contribution >= 0.6 is 0 Å². The summed E-state index contributed by atoms with van der Waals surface area (Å²) in [6.45, 7) is 0. The van der Waals surface area contributed by atoms with Crippen LogP contribution in [0, 0.1) is 28.6 Å². The number of H-pyrrole nitrogens is 1. The Morgan fingerprint density at radius 1 is 1.18 bits per heavy atom. The molecule has 0 amide bonds. The van der Waals surface area contributed by atoms with Gasteiger partial charge in [0.15, 0.2) is 0 Å². The van der Waals surface area contributed by atoms with Gasteiger partial charge in [-0.3, -0.25) is 9.78 Å². The van der Waals surface area contributed by atoms with E-state index >= 15 is 0 Å². The topological polar surface area (TPSA) is 124 Å². The van der Waals surface area contributed by atoms with Crippen molar-refractivity contribution < 1.29 is 0 Å². The normalized spacial score (nSPS) is 21.1. The number of nitrogens with one attached hydrogen (secondary N) is 1. The lowest BCUT2D eigenvalue weighted by Gasteiger charge is -2.43. The minimum atomic E-state index is -0.412. The third-order valence-electron chi connectivity index (χ3n) is 5.35. The first-order valence-electron chi connectivity index (χ1n) is 8.89. The van der Waals surface area contributed by atoms with Crippen LogP contribution in [-0.2, 0) is 5.54 Å². The molecule has 1 aliphatic carbocycles. The van der Waals surface area contributed by atoms with Gasteiger partial charge in [-0.25, -0.2) is 9.50 Å². The summed E-state index contributed by atoms with van der Waals surface area (Å²) in [4.78, 5) is 4.80. The van der Waals surface area contributed by atoms with Gasteiger partial charge in [-0.1, -0.05) is 0 Å². The molecule has 0 unspecified atom stereocenters. The second kappa shape index (κ2) is 6.03. The van der Waals surface area contributed by atoms with Gasteiger partial charge >= 0.3 is 0 Å². The van der Waals surface area contributed by atoms with Crippen molar-refractivity contribution >= 4 is 5.52 Å². The molecule has 1 saturated carbocycles. The van der Waals surface area contributed by atoms with Crippen LogP contribution < -0.4 is 0 Å². The predicted octanol–water partition coefficient (Wildman–Crippen LogP) is 2.53. The molecule has 4 aromatic heterocycles. The van der Waals surface area contributed by atoms with Gasteiger partial charge in [0, 0.05) is 18.0 Å². The molecular formula is C19H15N9. The Hall–Kier alpha value is -3.98. The molecule has 4 heterocycles. The van der Waals surface area contributed by atoms with Crippen molar-refractivity contribution in [2.45, 2.75) is 24.8 Å². The van der Waals surface area contributed by atoms with Gasteiger partial charge in [0.25, 0.3) is 0 Å². The first kappa shape index (κ1) is 16.2. The molecule has 1 aliphatic rings. The van der Waals surface area contributed by atoms with Crippen molar-refractivity contribution in [2.24, 2.45) is 5.92 Å². The zero-order chi connectivity index (χ0) is 19.1. The molecule has 0 aliphatic heterocycles. The molecule has 0 saturated heterocycles. The minimum Gasteiger partial charge on any atom is -0.276 e. The summed E-state index contributed by atoms with van der Waals surface area (Å²) >= 11 is 0. The third kappa shape index (κ3) is 2.37. The van der Waals surface area contributed by atoms with Crippen molar-refractivity contribution in [3.63, 3.8) is 0 Å². The molecule has 0 radical (unpaired) electrons. The highest BCUT2D eigenvalue weighted by atomic mass is 15.3.